The van der Waals surface area contributed by atoms with E-state index >= 15 is 0 Å². The van der Waals surface area contributed by atoms with Gasteiger partial charge in [-0.2, -0.15) is 13.2 Å². The van der Waals surface area contributed by atoms with Gasteiger partial charge in [-0.25, -0.2) is 15.0 Å². The summed E-state index contributed by atoms with van der Waals surface area (Å²) < 4.78 is 37.7. The van der Waals surface area contributed by atoms with Gasteiger partial charge in [0.25, 0.3) is 0 Å². The summed E-state index contributed by atoms with van der Waals surface area (Å²) in [4.78, 5) is 12.0. The number of thiazole rings is 1. The lowest BCUT2D eigenvalue weighted by Gasteiger charge is -2.09. The summed E-state index contributed by atoms with van der Waals surface area (Å²) in [6.45, 7) is 4.54. The van der Waals surface area contributed by atoms with E-state index in [2.05, 4.69) is 20.3 Å². The van der Waals surface area contributed by atoms with Gasteiger partial charge in [0.1, 0.15) is 12.1 Å². The minimum absolute atomic E-state index is 0.386. The van der Waals surface area contributed by atoms with Crippen LogP contribution in [-0.4, -0.2) is 21.5 Å². The van der Waals surface area contributed by atoms with Gasteiger partial charge in [0.2, 0.25) is 0 Å². The molecule has 0 bridgehead atoms. The van der Waals surface area contributed by atoms with E-state index in [1.807, 2.05) is 6.92 Å². The molecule has 0 aromatic carbocycles. The number of rotatable bonds is 4. The fraction of sp³-hybridized carbons (Fsp3) is 0.417. The molecule has 0 aliphatic heterocycles. The van der Waals surface area contributed by atoms with Crippen molar-refractivity contribution in [2.45, 2.75) is 26.4 Å². The molecule has 0 saturated carbocycles. The third-order valence-electron chi connectivity index (χ3n) is 2.61. The lowest BCUT2D eigenvalue weighted by atomic mass is 10.2. The monoisotopic (exact) mass is 302 g/mol. The van der Waals surface area contributed by atoms with E-state index in [4.69, 9.17) is 0 Å². The van der Waals surface area contributed by atoms with E-state index in [1.165, 1.54) is 12.5 Å². The number of anilines is 1. The highest BCUT2D eigenvalue weighted by Gasteiger charge is 2.35. The molecule has 0 fully saturated rings. The molecule has 4 nitrogen and oxygen atoms in total. The van der Waals surface area contributed by atoms with Gasteiger partial charge in [0, 0.05) is 18.3 Å². The largest absolute Gasteiger partial charge is 0.443 e. The molecule has 2 heterocycles. The van der Waals surface area contributed by atoms with Crippen LogP contribution in [0.2, 0.25) is 0 Å². The Bertz CT molecular complexity index is 595. The molecule has 2 aromatic rings. The highest BCUT2D eigenvalue weighted by molar-refractivity contribution is 7.15. The summed E-state index contributed by atoms with van der Waals surface area (Å²) in [5.74, 6) is 0.638. The molecule has 0 aliphatic rings. The SMILES string of the molecule is CCCNc1ncnc(-c2cnc(C(F)(F)F)s2)c1C. The fourth-order valence-corrected chi connectivity index (χ4v) is 2.47. The number of hydrogen-bond donors (Lipinski definition) is 1. The van der Waals surface area contributed by atoms with Crippen molar-refractivity contribution >= 4 is 17.2 Å². The van der Waals surface area contributed by atoms with Crippen LogP contribution in [0.3, 0.4) is 0 Å². The number of nitrogens with one attached hydrogen (secondary N) is 1. The van der Waals surface area contributed by atoms with Gasteiger partial charge < -0.3 is 5.32 Å². The molecule has 0 saturated heterocycles. The molecular formula is C12H13F3N4S. The summed E-state index contributed by atoms with van der Waals surface area (Å²) in [5.41, 5.74) is 1.20. The lowest BCUT2D eigenvalue weighted by Crippen LogP contribution is -2.05. The molecule has 2 aromatic heterocycles. The molecule has 108 valence electrons. The quantitative estimate of drug-likeness (QED) is 0.934. The molecule has 2 rings (SSSR count). The fourth-order valence-electron chi connectivity index (χ4n) is 1.63. The van der Waals surface area contributed by atoms with E-state index in [1.54, 1.807) is 6.92 Å². The Hall–Kier alpha value is -1.70. The van der Waals surface area contributed by atoms with Crippen molar-refractivity contribution in [3.05, 3.63) is 23.1 Å². The second kappa shape index (κ2) is 5.74. The molecule has 1 N–H and O–H groups in total. The van der Waals surface area contributed by atoms with E-state index in [-0.39, 0.29) is 0 Å². The summed E-state index contributed by atoms with van der Waals surface area (Å²) in [6, 6.07) is 0. The lowest BCUT2D eigenvalue weighted by molar-refractivity contribution is -0.137. The van der Waals surface area contributed by atoms with Gasteiger partial charge in [0.15, 0.2) is 5.01 Å². The van der Waals surface area contributed by atoms with Crippen molar-refractivity contribution in [1.82, 2.24) is 15.0 Å². The van der Waals surface area contributed by atoms with Crippen LogP contribution in [0.4, 0.5) is 19.0 Å². The topological polar surface area (TPSA) is 50.7 Å². The molecule has 0 spiro atoms. The average Bonchev–Trinajstić information content (AvgIpc) is 2.87. The second-order valence-corrected chi connectivity index (χ2v) is 5.18. The first-order valence-electron chi connectivity index (χ1n) is 6.02. The summed E-state index contributed by atoms with van der Waals surface area (Å²) >= 11 is 0.585. The number of nitrogens with zero attached hydrogens (tertiary/aromatic N) is 3. The van der Waals surface area contributed by atoms with E-state index in [9.17, 15) is 13.2 Å². The zero-order chi connectivity index (χ0) is 14.8. The first kappa shape index (κ1) is 14.7. The smallest absolute Gasteiger partial charge is 0.370 e. The number of halogens is 3. The van der Waals surface area contributed by atoms with Crippen LogP contribution >= 0.6 is 11.3 Å². The van der Waals surface area contributed by atoms with E-state index < -0.39 is 11.2 Å². The molecule has 0 atom stereocenters. The Balaban J connectivity index is 2.35. The summed E-state index contributed by atoms with van der Waals surface area (Å²) in [6.07, 6.45) is -0.954. The van der Waals surface area contributed by atoms with E-state index in [0.29, 0.717) is 27.7 Å². The van der Waals surface area contributed by atoms with E-state index in [0.717, 1.165) is 18.5 Å². The second-order valence-electron chi connectivity index (χ2n) is 4.15. The van der Waals surface area contributed by atoms with Crippen molar-refractivity contribution in [1.29, 1.82) is 0 Å². The summed E-state index contributed by atoms with van der Waals surface area (Å²) in [7, 11) is 0. The first-order valence-corrected chi connectivity index (χ1v) is 6.84. The van der Waals surface area contributed by atoms with Crippen LogP contribution in [0.1, 0.15) is 23.9 Å². The minimum Gasteiger partial charge on any atom is -0.370 e. The maximum absolute atomic E-state index is 12.6. The maximum atomic E-state index is 12.6. The Morgan fingerprint density at radius 2 is 2.00 bits per heavy atom. The Labute approximate surface area is 118 Å². The number of hydrogen-bond acceptors (Lipinski definition) is 5. The first-order chi connectivity index (χ1) is 9.43. The Morgan fingerprint density at radius 3 is 2.60 bits per heavy atom. The number of alkyl halides is 3. The van der Waals surface area contributed by atoms with Gasteiger partial charge >= 0.3 is 6.18 Å². The maximum Gasteiger partial charge on any atom is 0.443 e. The van der Waals surface area contributed by atoms with Crippen molar-refractivity contribution in [3.8, 4) is 10.6 Å². The van der Waals surface area contributed by atoms with Crippen molar-refractivity contribution in [2.75, 3.05) is 11.9 Å². The molecule has 0 unspecified atom stereocenters. The molecule has 20 heavy (non-hydrogen) atoms. The van der Waals surface area contributed by atoms with Crippen LogP contribution in [0.15, 0.2) is 12.5 Å². The highest BCUT2D eigenvalue weighted by Crippen LogP contribution is 2.37. The zero-order valence-electron chi connectivity index (χ0n) is 11.0. The highest BCUT2D eigenvalue weighted by atomic mass is 32.1. The third-order valence-corrected chi connectivity index (χ3v) is 3.66. The van der Waals surface area contributed by atoms with Crippen molar-refractivity contribution in [2.24, 2.45) is 0 Å². The van der Waals surface area contributed by atoms with Crippen LogP contribution < -0.4 is 5.32 Å². The Kier molecular flexibility index (Phi) is 4.22. The minimum atomic E-state index is -4.42. The number of aromatic nitrogens is 3. The molecule has 0 aliphatic carbocycles. The average molecular weight is 302 g/mol. The van der Waals surface area contributed by atoms with Gasteiger partial charge in [-0.1, -0.05) is 6.92 Å². The molecule has 0 amide bonds. The normalized spacial score (nSPS) is 11.7. The molecule has 8 heteroatoms. The van der Waals surface area contributed by atoms with Crippen LogP contribution in [0, 0.1) is 6.92 Å². The zero-order valence-corrected chi connectivity index (χ0v) is 11.8. The van der Waals surface area contributed by atoms with Crippen LogP contribution in [-0.2, 0) is 6.18 Å². The third kappa shape index (κ3) is 3.06. The Morgan fingerprint density at radius 1 is 1.25 bits per heavy atom. The predicted molar refractivity (Wildman–Crippen MR) is 71.7 cm³/mol. The standard InChI is InChI=1S/C12H13F3N4S/c1-3-4-16-10-7(2)9(18-6-19-10)8-5-17-11(20-8)12(13,14)15/h5-6H,3-4H2,1-2H3,(H,16,18,19). The van der Waals surface area contributed by atoms with Gasteiger partial charge in [-0.3, -0.25) is 0 Å². The summed E-state index contributed by atoms with van der Waals surface area (Å²) in [5, 5.41) is 2.25. The molecule has 0 radical (unpaired) electrons. The molecular weight excluding hydrogens is 289 g/mol. The predicted octanol–water partition coefficient (Wildman–Crippen LogP) is 3.75. The van der Waals surface area contributed by atoms with Crippen LogP contribution in [0.25, 0.3) is 10.6 Å². The van der Waals surface area contributed by atoms with Crippen molar-refractivity contribution in [3.63, 3.8) is 0 Å². The van der Waals surface area contributed by atoms with Gasteiger partial charge in [0.05, 0.1) is 10.6 Å². The van der Waals surface area contributed by atoms with Crippen LogP contribution in [0.5, 0.6) is 0 Å². The van der Waals surface area contributed by atoms with Gasteiger partial charge in [-0.15, -0.1) is 11.3 Å². The van der Waals surface area contributed by atoms with Crippen molar-refractivity contribution < 1.29 is 13.2 Å². The van der Waals surface area contributed by atoms with Gasteiger partial charge in [-0.05, 0) is 13.3 Å².